The highest BCUT2D eigenvalue weighted by Gasteiger charge is 2.29. The van der Waals surface area contributed by atoms with Crippen LogP contribution >= 0.6 is 11.6 Å². The number of rotatable bonds is 7. The van der Waals surface area contributed by atoms with Crippen molar-refractivity contribution < 1.29 is 17.9 Å². The van der Waals surface area contributed by atoms with Crippen molar-refractivity contribution in [3.05, 3.63) is 57.3 Å². The van der Waals surface area contributed by atoms with Crippen LogP contribution in [-0.4, -0.2) is 57.0 Å². The Bertz CT molecular complexity index is 1150. The van der Waals surface area contributed by atoms with Crippen LogP contribution in [0.5, 0.6) is 0 Å². The number of anilines is 1. The molecule has 1 fully saturated rings. The normalized spacial score (nSPS) is 14.3. The molecular weight excluding hydrogens is 437 g/mol. The van der Waals surface area contributed by atoms with E-state index in [-0.39, 0.29) is 34.5 Å². The average molecular weight is 455 g/mol. The molecule has 1 aromatic carbocycles. The predicted molar refractivity (Wildman–Crippen MR) is 107 cm³/mol. The molecule has 0 atom stereocenters. The number of hydrogen-bond acceptors (Lipinski definition) is 6. The van der Waals surface area contributed by atoms with Gasteiger partial charge in [-0.1, -0.05) is 16.8 Å². The fourth-order valence-electron chi connectivity index (χ4n) is 3.27. The van der Waals surface area contributed by atoms with Crippen molar-refractivity contribution in [3.63, 3.8) is 0 Å². The third kappa shape index (κ3) is 4.57. The van der Waals surface area contributed by atoms with E-state index in [2.05, 4.69) is 15.4 Å². The molecule has 0 saturated carbocycles. The van der Waals surface area contributed by atoms with E-state index < -0.39 is 18.8 Å². The number of aryl methyl sites for hydroxylation is 1. The molecule has 1 aliphatic rings. The third-order valence-corrected chi connectivity index (χ3v) is 5.19. The van der Waals surface area contributed by atoms with Gasteiger partial charge in [0.2, 0.25) is 0 Å². The second-order valence-corrected chi connectivity index (χ2v) is 7.53. The third-order valence-electron chi connectivity index (χ3n) is 4.95. The number of halogens is 4. The van der Waals surface area contributed by atoms with Crippen LogP contribution in [0.3, 0.4) is 0 Å². The minimum Gasteiger partial charge on any atom is -0.369 e. The Morgan fingerprint density at radius 2 is 2.06 bits per heavy atom. The van der Waals surface area contributed by atoms with Gasteiger partial charge in [-0.2, -0.15) is 5.10 Å². The summed E-state index contributed by atoms with van der Waals surface area (Å²) < 4.78 is 46.5. The van der Waals surface area contributed by atoms with Gasteiger partial charge in [0, 0.05) is 36.8 Å². The first-order chi connectivity index (χ1) is 14.8. The maximum absolute atomic E-state index is 14.4. The fourth-order valence-corrected chi connectivity index (χ4v) is 3.42. The number of hydrogen-bond donors (Lipinski definition) is 0. The second kappa shape index (κ2) is 8.67. The molecule has 3 aromatic rings. The molecular formula is C19H18ClF3N6O2. The van der Waals surface area contributed by atoms with Gasteiger partial charge in [-0.25, -0.2) is 22.5 Å². The standard InChI is InChI=1S/C19H18ClF3N6O2/c1-27-16(19(25-26-27)14-3-2-11(20)4-15(14)21)9-29-18(30)5-12(6-24-29)28-7-13(8-28)31-10-17(22)23/h2-6,13,17H,7-10H2,1H3. The molecule has 3 heterocycles. The minimum absolute atomic E-state index is 0.0279. The minimum atomic E-state index is -2.51. The topological polar surface area (TPSA) is 78.1 Å². The lowest BCUT2D eigenvalue weighted by molar-refractivity contribution is -0.0336. The zero-order chi connectivity index (χ0) is 22.1. The van der Waals surface area contributed by atoms with Crippen LogP contribution in [0.15, 0.2) is 35.3 Å². The summed E-state index contributed by atoms with van der Waals surface area (Å²) in [7, 11) is 1.64. The highest BCUT2D eigenvalue weighted by atomic mass is 35.5. The molecule has 0 bridgehead atoms. The van der Waals surface area contributed by atoms with Gasteiger partial charge >= 0.3 is 0 Å². The molecule has 12 heteroatoms. The van der Waals surface area contributed by atoms with Crippen molar-refractivity contribution in [2.45, 2.75) is 19.1 Å². The Labute approximate surface area is 179 Å². The highest BCUT2D eigenvalue weighted by molar-refractivity contribution is 6.30. The van der Waals surface area contributed by atoms with Crippen molar-refractivity contribution in [3.8, 4) is 11.3 Å². The van der Waals surface area contributed by atoms with E-state index in [1.165, 1.54) is 33.8 Å². The number of aromatic nitrogens is 5. The van der Waals surface area contributed by atoms with Crippen LogP contribution in [0.25, 0.3) is 11.3 Å². The van der Waals surface area contributed by atoms with E-state index in [1.54, 1.807) is 13.1 Å². The SMILES string of the molecule is Cn1nnc(-c2ccc(Cl)cc2F)c1Cn1ncc(N2CC(OCC(F)F)C2)cc1=O. The lowest BCUT2D eigenvalue weighted by Gasteiger charge is -2.40. The summed E-state index contributed by atoms with van der Waals surface area (Å²) in [4.78, 5) is 14.4. The Balaban J connectivity index is 1.50. The lowest BCUT2D eigenvalue weighted by Crippen LogP contribution is -2.53. The monoisotopic (exact) mass is 454 g/mol. The second-order valence-electron chi connectivity index (χ2n) is 7.09. The number of alkyl halides is 2. The van der Waals surface area contributed by atoms with Gasteiger partial charge in [-0.05, 0) is 18.2 Å². The number of nitrogens with zero attached hydrogens (tertiary/aromatic N) is 6. The molecule has 0 aliphatic carbocycles. The summed E-state index contributed by atoms with van der Waals surface area (Å²) in [6, 6.07) is 5.63. The van der Waals surface area contributed by atoms with E-state index in [1.807, 2.05) is 4.90 Å². The zero-order valence-electron chi connectivity index (χ0n) is 16.4. The molecule has 2 aromatic heterocycles. The van der Waals surface area contributed by atoms with E-state index in [9.17, 15) is 18.0 Å². The highest BCUT2D eigenvalue weighted by Crippen LogP contribution is 2.27. The average Bonchev–Trinajstić information content (AvgIpc) is 3.02. The smallest absolute Gasteiger partial charge is 0.269 e. The quantitative estimate of drug-likeness (QED) is 0.545. The van der Waals surface area contributed by atoms with Gasteiger partial charge < -0.3 is 9.64 Å². The fraction of sp³-hybridized carbons (Fsp3) is 0.368. The Morgan fingerprint density at radius 1 is 1.29 bits per heavy atom. The van der Waals surface area contributed by atoms with Crippen LogP contribution in [0, 0.1) is 5.82 Å². The predicted octanol–water partition coefficient (Wildman–Crippen LogP) is 2.35. The first-order valence-electron chi connectivity index (χ1n) is 9.37. The maximum Gasteiger partial charge on any atom is 0.269 e. The van der Waals surface area contributed by atoms with E-state index in [4.69, 9.17) is 16.3 Å². The van der Waals surface area contributed by atoms with Crippen molar-refractivity contribution in [1.29, 1.82) is 0 Å². The van der Waals surface area contributed by atoms with E-state index >= 15 is 0 Å². The van der Waals surface area contributed by atoms with Gasteiger partial charge in [0.05, 0.1) is 30.2 Å². The molecule has 1 saturated heterocycles. The van der Waals surface area contributed by atoms with E-state index in [0.29, 0.717) is 24.5 Å². The van der Waals surface area contributed by atoms with E-state index in [0.717, 1.165) is 0 Å². The van der Waals surface area contributed by atoms with Crippen LogP contribution in [0.1, 0.15) is 5.69 Å². The van der Waals surface area contributed by atoms with Crippen LogP contribution in [-0.2, 0) is 18.3 Å². The molecule has 0 N–H and O–H groups in total. The molecule has 1 aliphatic heterocycles. The molecule has 8 nitrogen and oxygen atoms in total. The Morgan fingerprint density at radius 3 is 2.74 bits per heavy atom. The van der Waals surface area contributed by atoms with Gasteiger partial charge in [-0.3, -0.25) is 4.79 Å². The summed E-state index contributed by atoms with van der Waals surface area (Å²) >= 11 is 5.82. The Hall–Kier alpha value is -2.92. The van der Waals surface area contributed by atoms with Crippen molar-refractivity contribution in [2.24, 2.45) is 7.05 Å². The van der Waals surface area contributed by atoms with Gasteiger partial charge in [0.15, 0.2) is 0 Å². The summed E-state index contributed by atoms with van der Waals surface area (Å²) in [5.41, 5.74) is 1.19. The largest absolute Gasteiger partial charge is 0.369 e. The molecule has 0 radical (unpaired) electrons. The number of ether oxygens (including phenoxy) is 1. The molecule has 0 unspecified atom stereocenters. The summed E-state index contributed by atoms with van der Waals surface area (Å²) in [6.07, 6.45) is -1.29. The summed E-state index contributed by atoms with van der Waals surface area (Å²) in [5.74, 6) is -0.550. The molecule has 31 heavy (non-hydrogen) atoms. The zero-order valence-corrected chi connectivity index (χ0v) is 17.1. The van der Waals surface area contributed by atoms with Gasteiger partial charge in [0.25, 0.3) is 12.0 Å². The van der Waals surface area contributed by atoms with Crippen LogP contribution in [0.4, 0.5) is 18.9 Å². The Kier molecular flexibility index (Phi) is 5.96. The first-order valence-corrected chi connectivity index (χ1v) is 9.75. The van der Waals surface area contributed by atoms with Gasteiger partial charge in [0.1, 0.15) is 18.1 Å². The number of benzene rings is 1. The van der Waals surface area contributed by atoms with Crippen molar-refractivity contribution in [2.75, 3.05) is 24.6 Å². The summed E-state index contributed by atoms with van der Waals surface area (Å²) in [5, 5.41) is 12.4. The lowest BCUT2D eigenvalue weighted by atomic mass is 10.1. The maximum atomic E-state index is 14.4. The van der Waals surface area contributed by atoms with Crippen LogP contribution in [0.2, 0.25) is 5.02 Å². The first kappa shape index (κ1) is 21.3. The van der Waals surface area contributed by atoms with Crippen molar-refractivity contribution >= 4 is 17.3 Å². The molecule has 0 spiro atoms. The van der Waals surface area contributed by atoms with Crippen LogP contribution < -0.4 is 10.5 Å². The molecule has 164 valence electrons. The molecule has 0 amide bonds. The van der Waals surface area contributed by atoms with Gasteiger partial charge in [-0.15, -0.1) is 5.10 Å². The molecule has 4 rings (SSSR count). The van der Waals surface area contributed by atoms with Crippen molar-refractivity contribution in [1.82, 2.24) is 24.8 Å². The summed E-state index contributed by atoms with van der Waals surface area (Å²) in [6.45, 7) is 0.237.